The van der Waals surface area contributed by atoms with Crippen LogP contribution >= 0.6 is 0 Å². The van der Waals surface area contributed by atoms with E-state index in [0.29, 0.717) is 6.04 Å². The van der Waals surface area contributed by atoms with Crippen LogP contribution in [0.3, 0.4) is 0 Å². The first-order valence-electron chi connectivity index (χ1n) is 6.28. The highest BCUT2D eigenvalue weighted by molar-refractivity contribution is 4.89. The Morgan fingerprint density at radius 3 is 2.64 bits per heavy atom. The van der Waals surface area contributed by atoms with Crippen molar-refractivity contribution in [1.82, 2.24) is 10.2 Å². The number of hydrogen-bond donors (Lipinski definition) is 1. The normalized spacial score (nSPS) is 41.1. The molecular formula is C12H24N2. The summed E-state index contributed by atoms with van der Waals surface area (Å²) in [7, 11) is 0. The van der Waals surface area contributed by atoms with Crippen molar-refractivity contribution in [2.45, 2.75) is 64.1 Å². The molecule has 1 N–H and O–H groups in total. The zero-order valence-electron chi connectivity index (χ0n) is 9.63. The van der Waals surface area contributed by atoms with Crippen LogP contribution in [0.5, 0.6) is 0 Å². The van der Waals surface area contributed by atoms with Crippen LogP contribution in [0.25, 0.3) is 0 Å². The third kappa shape index (κ3) is 2.12. The highest BCUT2D eigenvalue weighted by Crippen LogP contribution is 2.24. The maximum atomic E-state index is 3.61. The molecule has 2 saturated heterocycles. The Balaban J connectivity index is 1.96. The lowest BCUT2D eigenvalue weighted by molar-refractivity contribution is 0.0674. The van der Waals surface area contributed by atoms with E-state index in [9.17, 15) is 0 Å². The van der Waals surface area contributed by atoms with Crippen molar-refractivity contribution in [3.05, 3.63) is 0 Å². The molecule has 0 amide bonds. The Kier molecular flexibility index (Phi) is 3.45. The Morgan fingerprint density at radius 2 is 1.93 bits per heavy atom. The summed E-state index contributed by atoms with van der Waals surface area (Å²) in [6, 6.07) is 2.32. The maximum Gasteiger partial charge on any atom is 0.0249 e. The van der Waals surface area contributed by atoms with Crippen LogP contribution in [0.2, 0.25) is 0 Å². The monoisotopic (exact) mass is 196 g/mol. The van der Waals surface area contributed by atoms with E-state index in [2.05, 4.69) is 24.1 Å². The summed E-state index contributed by atoms with van der Waals surface area (Å²) in [5.74, 6) is 0. The molecule has 0 aromatic rings. The molecule has 0 aromatic heterocycles. The fraction of sp³-hybridized carbons (Fsp3) is 1.00. The van der Waals surface area contributed by atoms with Crippen molar-refractivity contribution in [2.75, 3.05) is 13.1 Å². The molecular weight excluding hydrogens is 172 g/mol. The Hall–Kier alpha value is -0.0800. The van der Waals surface area contributed by atoms with Crippen LogP contribution in [0.1, 0.15) is 46.0 Å². The van der Waals surface area contributed by atoms with Crippen LogP contribution in [0.15, 0.2) is 0 Å². The minimum atomic E-state index is 0.698. The van der Waals surface area contributed by atoms with Crippen LogP contribution in [0.4, 0.5) is 0 Å². The van der Waals surface area contributed by atoms with Crippen molar-refractivity contribution < 1.29 is 0 Å². The predicted molar refractivity (Wildman–Crippen MR) is 60.5 cm³/mol. The molecule has 2 nitrogen and oxygen atoms in total. The van der Waals surface area contributed by atoms with Crippen molar-refractivity contribution in [2.24, 2.45) is 0 Å². The summed E-state index contributed by atoms with van der Waals surface area (Å²) < 4.78 is 0. The number of piperidine rings is 2. The molecule has 0 aromatic carbocycles. The Morgan fingerprint density at radius 1 is 1.07 bits per heavy atom. The van der Waals surface area contributed by atoms with Gasteiger partial charge >= 0.3 is 0 Å². The molecule has 2 fully saturated rings. The lowest BCUT2D eigenvalue weighted by Gasteiger charge is -2.44. The lowest BCUT2D eigenvalue weighted by atomic mass is 9.93. The molecule has 14 heavy (non-hydrogen) atoms. The third-order valence-electron chi connectivity index (χ3n) is 4.00. The standard InChI is InChI=1S/C12H24N2/c1-10-6-3-4-9-14(10)12-7-5-8-13-11(12)2/h10-13H,3-9H2,1-2H3. The van der Waals surface area contributed by atoms with Crippen LogP contribution in [-0.2, 0) is 0 Å². The summed E-state index contributed by atoms with van der Waals surface area (Å²) in [5, 5.41) is 3.61. The summed E-state index contributed by atoms with van der Waals surface area (Å²) in [5.41, 5.74) is 0. The highest BCUT2D eigenvalue weighted by atomic mass is 15.2. The summed E-state index contributed by atoms with van der Waals surface area (Å²) >= 11 is 0. The van der Waals surface area contributed by atoms with Gasteiger partial charge < -0.3 is 5.32 Å². The largest absolute Gasteiger partial charge is 0.313 e. The molecule has 0 bridgehead atoms. The first-order valence-corrected chi connectivity index (χ1v) is 6.28. The molecule has 0 saturated carbocycles. The minimum Gasteiger partial charge on any atom is -0.313 e. The molecule has 3 unspecified atom stereocenters. The number of hydrogen-bond acceptors (Lipinski definition) is 2. The van der Waals surface area contributed by atoms with Crippen molar-refractivity contribution in [1.29, 1.82) is 0 Å². The SMILES string of the molecule is CC1NCCCC1N1CCCCC1C. The Labute approximate surface area is 88.1 Å². The van der Waals surface area contributed by atoms with E-state index < -0.39 is 0 Å². The molecule has 0 radical (unpaired) electrons. The van der Waals surface area contributed by atoms with Gasteiger partial charge in [-0.15, -0.1) is 0 Å². The van der Waals surface area contributed by atoms with E-state index >= 15 is 0 Å². The quantitative estimate of drug-likeness (QED) is 0.690. The molecule has 2 rings (SSSR count). The third-order valence-corrected chi connectivity index (χ3v) is 4.00. The van der Waals surface area contributed by atoms with Crippen molar-refractivity contribution in [3.8, 4) is 0 Å². The highest BCUT2D eigenvalue weighted by Gasteiger charge is 2.30. The van der Waals surface area contributed by atoms with E-state index in [1.807, 2.05) is 0 Å². The average Bonchev–Trinajstić information content (AvgIpc) is 2.20. The summed E-state index contributed by atoms with van der Waals surface area (Å²) in [6.45, 7) is 7.31. The smallest absolute Gasteiger partial charge is 0.0249 e. The fourth-order valence-corrected chi connectivity index (χ4v) is 3.09. The first-order chi connectivity index (χ1) is 6.79. The second kappa shape index (κ2) is 4.63. The second-order valence-corrected chi connectivity index (χ2v) is 5.04. The molecule has 0 aliphatic carbocycles. The second-order valence-electron chi connectivity index (χ2n) is 5.04. The van der Waals surface area contributed by atoms with Gasteiger partial charge in [0.25, 0.3) is 0 Å². The number of nitrogens with one attached hydrogen (secondary N) is 1. The molecule has 2 aliphatic rings. The van der Waals surface area contributed by atoms with Crippen LogP contribution in [0, 0.1) is 0 Å². The average molecular weight is 196 g/mol. The van der Waals surface area contributed by atoms with Gasteiger partial charge in [0.1, 0.15) is 0 Å². The first kappa shape index (κ1) is 10.4. The van der Waals surface area contributed by atoms with Crippen LogP contribution in [-0.4, -0.2) is 36.1 Å². The minimum absolute atomic E-state index is 0.698. The summed E-state index contributed by atoms with van der Waals surface area (Å²) in [4.78, 5) is 2.75. The van der Waals surface area contributed by atoms with Gasteiger partial charge in [-0.05, 0) is 52.6 Å². The number of likely N-dealkylation sites (tertiary alicyclic amines) is 1. The maximum absolute atomic E-state index is 3.61. The molecule has 3 atom stereocenters. The number of nitrogens with zero attached hydrogens (tertiary/aromatic N) is 1. The van der Waals surface area contributed by atoms with Crippen LogP contribution < -0.4 is 5.32 Å². The zero-order chi connectivity index (χ0) is 9.97. The van der Waals surface area contributed by atoms with Crippen molar-refractivity contribution >= 4 is 0 Å². The van der Waals surface area contributed by atoms with Gasteiger partial charge in [0.05, 0.1) is 0 Å². The predicted octanol–water partition coefficient (Wildman–Crippen LogP) is 2.00. The van der Waals surface area contributed by atoms with E-state index in [1.165, 1.54) is 45.2 Å². The van der Waals surface area contributed by atoms with E-state index in [-0.39, 0.29) is 0 Å². The Bertz CT molecular complexity index is 161. The van der Waals surface area contributed by atoms with Gasteiger partial charge in [0, 0.05) is 18.1 Å². The molecule has 0 spiro atoms. The van der Waals surface area contributed by atoms with Gasteiger partial charge in [-0.3, -0.25) is 4.90 Å². The fourth-order valence-electron chi connectivity index (χ4n) is 3.09. The van der Waals surface area contributed by atoms with E-state index in [4.69, 9.17) is 0 Å². The van der Waals surface area contributed by atoms with E-state index in [1.54, 1.807) is 0 Å². The molecule has 82 valence electrons. The van der Waals surface area contributed by atoms with Gasteiger partial charge in [-0.2, -0.15) is 0 Å². The van der Waals surface area contributed by atoms with Gasteiger partial charge in [0.2, 0.25) is 0 Å². The van der Waals surface area contributed by atoms with Gasteiger partial charge in [0.15, 0.2) is 0 Å². The van der Waals surface area contributed by atoms with Gasteiger partial charge in [-0.1, -0.05) is 6.42 Å². The molecule has 2 aliphatic heterocycles. The lowest BCUT2D eigenvalue weighted by Crippen LogP contribution is -2.55. The van der Waals surface area contributed by atoms with E-state index in [0.717, 1.165) is 12.1 Å². The zero-order valence-corrected chi connectivity index (χ0v) is 9.63. The summed E-state index contributed by atoms with van der Waals surface area (Å²) in [6.07, 6.45) is 7.01. The molecule has 2 heterocycles. The van der Waals surface area contributed by atoms with Gasteiger partial charge in [-0.25, -0.2) is 0 Å². The topological polar surface area (TPSA) is 15.3 Å². The number of rotatable bonds is 1. The van der Waals surface area contributed by atoms with Crippen molar-refractivity contribution in [3.63, 3.8) is 0 Å². The molecule has 2 heteroatoms.